The highest BCUT2D eigenvalue weighted by Crippen LogP contribution is 2.32. The van der Waals surface area contributed by atoms with Gasteiger partial charge in [-0.2, -0.15) is 0 Å². The van der Waals surface area contributed by atoms with Crippen molar-refractivity contribution in [2.45, 2.75) is 6.42 Å². The fourth-order valence-corrected chi connectivity index (χ4v) is 2.07. The standard InChI is InChI=1S/C17H12O4/c18-17(19)10-14-4-2-1-3-13(14)7-5-12-6-8-15-16(9-12)21-11-20-15/h1-4,6,8-9H,10-11H2,(H,18,19). The van der Waals surface area contributed by atoms with Gasteiger partial charge >= 0.3 is 5.97 Å². The summed E-state index contributed by atoms with van der Waals surface area (Å²) < 4.78 is 10.5. The minimum Gasteiger partial charge on any atom is -0.481 e. The van der Waals surface area contributed by atoms with Gasteiger partial charge in [0.1, 0.15) is 0 Å². The van der Waals surface area contributed by atoms with Crippen LogP contribution in [0.25, 0.3) is 0 Å². The maximum atomic E-state index is 10.8. The Hall–Kier alpha value is -2.93. The molecule has 1 heterocycles. The molecule has 0 unspecified atom stereocenters. The summed E-state index contributed by atoms with van der Waals surface area (Å²) in [5.41, 5.74) is 2.22. The predicted molar refractivity (Wildman–Crippen MR) is 76.3 cm³/mol. The predicted octanol–water partition coefficient (Wildman–Crippen LogP) is 2.44. The van der Waals surface area contributed by atoms with Gasteiger partial charge in [-0.3, -0.25) is 4.79 Å². The molecule has 0 fully saturated rings. The molecule has 1 aliphatic heterocycles. The second-order valence-electron chi connectivity index (χ2n) is 4.55. The summed E-state index contributed by atoms with van der Waals surface area (Å²) in [5.74, 6) is 6.57. The molecule has 0 saturated heterocycles. The molecule has 0 radical (unpaired) electrons. The first-order valence-electron chi connectivity index (χ1n) is 6.44. The zero-order valence-corrected chi connectivity index (χ0v) is 11.1. The first kappa shape index (κ1) is 13.1. The summed E-state index contributed by atoms with van der Waals surface area (Å²) in [6.45, 7) is 0.230. The van der Waals surface area contributed by atoms with Gasteiger partial charge in [0.15, 0.2) is 11.5 Å². The lowest BCUT2D eigenvalue weighted by atomic mass is 10.0. The van der Waals surface area contributed by atoms with Gasteiger partial charge in [0.05, 0.1) is 6.42 Å². The molecule has 2 aromatic rings. The number of aliphatic carboxylic acids is 1. The van der Waals surface area contributed by atoms with E-state index < -0.39 is 5.97 Å². The number of carboxylic acids is 1. The van der Waals surface area contributed by atoms with Gasteiger partial charge in [-0.25, -0.2) is 0 Å². The quantitative estimate of drug-likeness (QED) is 0.858. The maximum absolute atomic E-state index is 10.8. The Morgan fingerprint density at radius 1 is 1.10 bits per heavy atom. The number of hydrogen-bond donors (Lipinski definition) is 1. The molecule has 1 aliphatic rings. The Bertz CT molecular complexity index is 753. The largest absolute Gasteiger partial charge is 0.481 e. The van der Waals surface area contributed by atoms with Crippen molar-refractivity contribution < 1.29 is 19.4 Å². The van der Waals surface area contributed by atoms with Crippen LogP contribution in [0.3, 0.4) is 0 Å². The van der Waals surface area contributed by atoms with E-state index in [9.17, 15) is 4.79 Å². The van der Waals surface area contributed by atoms with Crippen molar-refractivity contribution in [1.29, 1.82) is 0 Å². The first-order chi connectivity index (χ1) is 10.2. The lowest BCUT2D eigenvalue weighted by Crippen LogP contribution is -2.01. The van der Waals surface area contributed by atoms with Crippen molar-refractivity contribution in [2.24, 2.45) is 0 Å². The van der Waals surface area contributed by atoms with Gasteiger partial charge in [-0.1, -0.05) is 30.0 Å². The van der Waals surface area contributed by atoms with Gasteiger partial charge in [-0.15, -0.1) is 0 Å². The normalized spacial score (nSPS) is 11.6. The average Bonchev–Trinajstić information content (AvgIpc) is 2.93. The molecule has 0 aromatic heterocycles. The zero-order valence-electron chi connectivity index (χ0n) is 11.1. The summed E-state index contributed by atoms with van der Waals surface area (Å²) in [6.07, 6.45) is -0.0357. The second-order valence-corrected chi connectivity index (χ2v) is 4.55. The average molecular weight is 280 g/mol. The van der Waals surface area contributed by atoms with Crippen molar-refractivity contribution in [1.82, 2.24) is 0 Å². The highest BCUT2D eigenvalue weighted by molar-refractivity contribution is 5.71. The number of carboxylic acid groups (broad SMARTS) is 1. The van der Waals surface area contributed by atoms with Crippen LogP contribution in [0.5, 0.6) is 11.5 Å². The van der Waals surface area contributed by atoms with E-state index in [1.807, 2.05) is 36.4 Å². The monoisotopic (exact) mass is 280 g/mol. The van der Waals surface area contributed by atoms with Crippen molar-refractivity contribution in [3.05, 3.63) is 59.2 Å². The fraction of sp³-hybridized carbons (Fsp3) is 0.118. The van der Waals surface area contributed by atoms with Crippen LogP contribution in [-0.4, -0.2) is 17.9 Å². The maximum Gasteiger partial charge on any atom is 0.307 e. The fourth-order valence-electron chi connectivity index (χ4n) is 2.07. The molecule has 4 nitrogen and oxygen atoms in total. The molecule has 0 saturated carbocycles. The molecule has 2 aromatic carbocycles. The minimum atomic E-state index is -0.868. The van der Waals surface area contributed by atoms with Crippen molar-refractivity contribution in [3.8, 4) is 23.3 Å². The highest BCUT2D eigenvalue weighted by atomic mass is 16.7. The topological polar surface area (TPSA) is 55.8 Å². The number of fused-ring (bicyclic) bond motifs is 1. The smallest absolute Gasteiger partial charge is 0.307 e. The van der Waals surface area contributed by atoms with E-state index in [0.29, 0.717) is 17.1 Å². The first-order valence-corrected chi connectivity index (χ1v) is 6.44. The van der Waals surface area contributed by atoms with E-state index in [1.165, 1.54) is 0 Å². The molecule has 0 aliphatic carbocycles. The summed E-state index contributed by atoms with van der Waals surface area (Å²) in [5, 5.41) is 8.90. The van der Waals surface area contributed by atoms with Crippen molar-refractivity contribution in [3.63, 3.8) is 0 Å². The van der Waals surface area contributed by atoms with Crippen LogP contribution in [0.4, 0.5) is 0 Å². The molecule has 4 heteroatoms. The Labute approximate surface area is 121 Å². The van der Waals surface area contributed by atoms with Crippen LogP contribution in [0.2, 0.25) is 0 Å². The number of benzene rings is 2. The molecule has 0 spiro atoms. The minimum absolute atomic E-state index is 0.0357. The third-order valence-corrected chi connectivity index (χ3v) is 3.07. The third kappa shape index (κ3) is 2.98. The van der Waals surface area contributed by atoms with Gasteiger partial charge in [-0.05, 0) is 29.8 Å². The number of rotatable bonds is 2. The third-order valence-electron chi connectivity index (χ3n) is 3.07. The van der Waals surface area contributed by atoms with Crippen LogP contribution >= 0.6 is 0 Å². The van der Waals surface area contributed by atoms with Gasteiger partial charge in [0.2, 0.25) is 6.79 Å². The lowest BCUT2D eigenvalue weighted by Gasteiger charge is -2.00. The molecule has 0 atom stereocenters. The lowest BCUT2D eigenvalue weighted by molar-refractivity contribution is -0.136. The van der Waals surface area contributed by atoms with Gasteiger partial charge in [0.25, 0.3) is 0 Å². The van der Waals surface area contributed by atoms with E-state index >= 15 is 0 Å². The Kier molecular flexibility index (Phi) is 3.48. The molecule has 0 amide bonds. The van der Waals surface area contributed by atoms with Crippen LogP contribution in [-0.2, 0) is 11.2 Å². The van der Waals surface area contributed by atoms with E-state index in [1.54, 1.807) is 6.07 Å². The highest BCUT2D eigenvalue weighted by Gasteiger charge is 2.12. The zero-order chi connectivity index (χ0) is 14.7. The number of hydrogen-bond acceptors (Lipinski definition) is 3. The summed E-state index contributed by atoms with van der Waals surface area (Å²) >= 11 is 0. The molecular weight excluding hydrogens is 268 g/mol. The Balaban J connectivity index is 1.89. The van der Waals surface area contributed by atoms with Crippen LogP contribution in [0.1, 0.15) is 16.7 Å². The molecular formula is C17H12O4. The SMILES string of the molecule is O=C(O)Cc1ccccc1C#Cc1ccc2c(c1)OCO2. The molecule has 1 N–H and O–H groups in total. The van der Waals surface area contributed by atoms with E-state index in [0.717, 1.165) is 11.1 Å². The number of ether oxygens (including phenoxy) is 2. The van der Waals surface area contributed by atoms with Crippen LogP contribution in [0, 0.1) is 11.8 Å². The Morgan fingerprint density at radius 3 is 2.76 bits per heavy atom. The summed E-state index contributed by atoms with van der Waals surface area (Å²) in [7, 11) is 0. The molecule has 104 valence electrons. The molecule has 0 bridgehead atoms. The van der Waals surface area contributed by atoms with Crippen LogP contribution in [0.15, 0.2) is 42.5 Å². The van der Waals surface area contributed by atoms with Gasteiger partial charge in [0, 0.05) is 11.1 Å². The summed E-state index contributed by atoms with van der Waals surface area (Å²) in [4.78, 5) is 10.8. The molecule has 21 heavy (non-hydrogen) atoms. The van der Waals surface area contributed by atoms with E-state index in [4.69, 9.17) is 14.6 Å². The Morgan fingerprint density at radius 2 is 1.90 bits per heavy atom. The van der Waals surface area contributed by atoms with Crippen LogP contribution < -0.4 is 9.47 Å². The van der Waals surface area contributed by atoms with E-state index in [2.05, 4.69) is 11.8 Å². The molecule has 3 rings (SSSR count). The van der Waals surface area contributed by atoms with E-state index in [-0.39, 0.29) is 13.2 Å². The second kappa shape index (κ2) is 5.59. The number of carbonyl (C=O) groups is 1. The van der Waals surface area contributed by atoms with Crippen molar-refractivity contribution >= 4 is 5.97 Å². The summed E-state index contributed by atoms with van der Waals surface area (Å²) in [6, 6.07) is 12.7. The van der Waals surface area contributed by atoms with Crippen molar-refractivity contribution in [2.75, 3.05) is 6.79 Å². The van der Waals surface area contributed by atoms with Gasteiger partial charge < -0.3 is 14.6 Å².